The normalized spacial score (nSPS) is 10.3. The molecule has 0 rings (SSSR count). The lowest BCUT2D eigenvalue weighted by Crippen LogP contribution is -2.27. The number of aliphatic imine (C=N–C) groups is 1. The van der Waals surface area contributed by atoms with Crippen molar-refractivity contribution in [2.75, 3.05) is 13.6 Å². The van der Waals surface area contributed by atoms with Crippen LogP contribution in [0.5, 0.6) is 0 Å². The van der Waals surface area contributed by atoms with Crippen molar-refractivity contribution in [3.05, 3.63) is 0 Å². The van der Waals surface area contributed by atoms with Crippen molar-refractivity contribution < 1.29 is 0 Å². The van der Waals surface area contributed by atoms with E-state index in [1.54, 1.807) is 13.4 Å². The van der Waals surface area contributed by atoms with Crippen molar-refractivity contribution in [2.24, 2.45) is 4.99 Å². The fourth-order valence-corrected chi connectivity index (χ4v) is 0.685. The number of amidine groups is 1. The molecular weight excluding hydrogens is 126 g/mol. The van der Waals surface area contributed by atoms with E-state index < -0.39 is 0 Å². The monoisotopic (exact) mass is 141 g/mol. The van der Waals surface area contributed by atoms with E-state index in [2.05, 4.69) is 4.99 Å². The Kier molecular flexibility index (Phi) is 4.54. The van der Waals surface area contributed by atoms with Gasteiger partial charge in [-0.05, 0) is 6.92 Å². The van der Waals surface area contributed by atoms with Gasteiger partial charge in [-0.15, -0.1) is 0 Å². The van der Waals surface area contributed by atoms with Gasteiger partial charge >= 0.3 is 0 Å². The van der Waals surface area contributed by atoms with Gasteiger partial charge in [0.05, 0.1) is 6.34 Å². The van der Waals surface area contributed by atoms with Crippen molar-refractivity contribution in [1.82, 2.24) is 4.90 Å². The molecule has 0 spiro atoms. The number of nitrogens with zero attached hydrogens (tertiary/aromatic N) is 2. The molecule has 0 atom stereocenters. The first-order valence-corrected chi connectivity index (χ1v) is 3.52. The van der Waals surface area contributed by atoms with E-state index in [4.69, 9.17) is 5.41 Å². The smallest absolute Gasteiger partial charge is 0.101 e. The molecule has 0 aliphatic carbocycles. The van der Waals surface area contributed by atoms with E-state index in [0.717, 1.165) is 13.0 Å². The second kappa shape index (κ2) is 4.97. The van der Waals surface area contributed by atoms with Crippen molar-refractivity contribution in [2.45, 2.75) is 20.3 Å². The van der Waals surface area contributed by atoms with Gasteiger partial charge in [0, 0.05) is 20.0 Å². The predicted octanol–water partition coefficient (Wildman–Crippen LogP) is 1.35. The molecule has 0 saturated carbocycles. The SMILES string of the molecule is CCC(=N)N(/C=N\C)CC. The lowest BCUT2D eigenvalue weighted by atomic mass is 10.4. The number of rotatable bonds is 3. The average molecular weight is 141 g/mol. The van der Waals surface area contributed by atoms with Crippen LogP contribution in [0.25, 0.3) is 0 Å². The Morgan fingerprint density at radius 3 is 2.50 bits per heavy atom. The third kappa shape index (κ3) is 2.62. The molecule has 3 heteroatoms. The van der Waals surface area contributed by atoms with Gasteiger partial charge in [0.1, 0.15) is 5.84 Å². The highest BCUT2D eigenvalue weighted by atomic mass is 15.2. The third-order valence-corrected chi connectivity index (χ3v) is 1.28. The lowest BCUT2D eigenvalue weighted by molar-refractivity contribution is 0.640. The topological polar surface area (TPSA) is 39.5 Å². The van der Waals surface area contributed by atoms with Crippen LogP contribution in [0.4, 0.5) is 0 Å². The Morgan fingerprint density at radius 1 is 1.60 bits per heavy atom. The van der Waals surface area contributed by atoms with Crippen LogP contribution >= 0.6 is 0 Å². The lowest BCUT2D eigenvalue weighted by Gasteiger charge is -2.15. The Bertz CT molecular complexity index is 129. The second-order valence-corrected chi connectivity index (χ2v) is 1.96. The van der Waals surface area contributed by atoms with E-state index in [-0.39, 0.29) is 0 Å². The van der Waals surface area contributed by atoms with E-state index in [1.807, 2.05) is 18.7 Å². The van der Waals surface area contributed by atoms with E-state index in [1.165, 1.54) is 0 Å². The third-order valence-electron chi connectivity index (χ3n) is 1.28. The number of nitrogens with one attached hydrogen (secondary N) is 1. The van der Waals surface area contributed by atoms with Crippen LogP contribution in [-0.2, 0) is 0 Å². The first-order chi connectivity index (χ1) is 4.76. The molecule has 0 aliphatic heterocycles. The van der Waals surface area contributed by atoms with Crippen molar-refractivity contribution >= 4 is 12.2 Å². The van der Waals surface area contributed by atoms with Crippen LogP contribution in [0.15, 0.2) is 4.99 Å². The summed E-state index contributed by atoms with van der Waals surface area (Å²) in [5, 5.41) is 7.43. The van der Waals surface area contributed by atoms with Crippen LogP contribution in [0, 0.1) is 5.41 Å². The summed E-state index contributed by atoms with van der Waals surface area (Å²) < 4.78 is 0. The van der Waals surface area contributed by atoms with Crippen molar-refractivity contribution in [3.8, 4) is 0 Å². The fraction of sp³-hybridized carbons (Fsp3) is 0.714. The summed E-state index contributed by atoms with van der Waals surface area (Å²) in [4.78, 5) is 5.66. The quantitative estimate of drug-likeness (QED) is 0.467. The molecule has 0 amide bonds. The molecule has 0 fully saturated rings. The molecule has 1 N–H and O–H groups in total. The van der Waals surface area contributed by atoms with Crippen LogP contribution in [0.2, 0.25) is 0 Å². The standard InChI is InChI=1S/C7H15N3/c1-4-7(8)10(5-2)6-9-3/h6,8H,4-5H2,1-3H3/b8-7?,9-6-. The molecule has 10 heavy (non-hydrogen) atoms. The maximum atomic E-state index is 7.43. The fourth-order valence-electron chi connectivity index (χ4n) is 0.685. The highest BCUT2D eigenvalue weighted by Crippen LogP contribution is 1.89. The van der Waals surface area contributed by atoms with Crippen molar-refractivity contribution in [3.63, 3.8) is 0 Å². The number of hydrogen-bond acceptors (Lipinski definition) is 2. The van der Waals surface area contributed by atoms with Gasteiger partial charge in [0.15, 0.2) is 0 Å². The Balaban J connectivity index is 3.93. The molecule has 0 saturated heterocycles. The van der Waals surface area contributed by atoms with Gasteiger partial charge in [-0.1, -0.05) is 6.92 Å². The van der Waals surface area contributed by atoms with Gasteiger partial charge < -0.3 is 4.90 Å². The summed E-state index contributed by atoms with van der Waals surface area (Å²) in [6.45, 7) is 4.80. The largest absolute Gasteiger partial charge is 0.322 e. The summed E-state index contributed by atoms with van der Waals surface area (Å²) >= 11 is 0. The second-order valence-electron chi connectivity index (χ2n) is 1.96. The molecule has 58 valence electrons. The number of hydrogen-bond donors (Lipinski definition) is 1. The van der Waals surface area contributed by atoms with E-state index >= 15 is 0 Å². The van der Waals surface area contributed by atoms with Crippen LogP contribution in [-0.4, -0.2) is 30.7 Å². The Hall–Kier alpha value is -0.860. The summed E-state index contributed by atoms with van der Waals surface area (Å²) in [6, 6.07) is 0. The van der Waals surface area contributed by atoms with Crippen molar-refractivity contribution in [1.29, 1.82) is 5.41 Å². The molecule has 0 bridgehead atoms. The van der Waals surface area contributed by atoms with Gasteiger partial charge in [0.2, 0.25) is 0 Å². The van der Waals surface area contributed by atoms with Gasteiger partial charge in [-0.3, -0.25) is 10.4 Å². The highest BCUT2D eigenvalue weighted by Gasteiger charge is 1.99. The van der Waals surface area contributed by atoms with Gasteiger partial charge in [-0.2, -0.15) is 0 Å². The maximum absolute atomic E-state index is 7.43. The van der Waals surface area contributed by atoms with Gasteiger partial charge in [-0.25, -0.2) is 0 Å². The van der Waals surface area contributed by atoms with Crippen LogP contribution in [0.1, 0.15) is 20.3 Å². The molecule has 0 aromatic rings. The zero-order valence-corrected chi connectivity index (χ0v) is 6.89. The molecule has 3 nitrogen and oxygen atoms in total. The minimum atomic E-state index is 0.619. The molecule has 0 unspecified atom stereocenters. The zero-order valence-electron chi connectivity index (χ0n) is 6.89. The molecule has 0 radical (unpaired) electrons. The van der Waals surface area contributed by atoms with Gasteiger partial charge in [0.25, 0.3) is 0 Å². The Morgan fingerprint density at radius 2 is 2.20 bits per heavy atom. The van der Waals surface area contributed by atoms with Crippen LogP contribution in [0.3, 0.4) is 0 Å². The Labute approximate surface area is 62.3 Å². The first kappa shape index (κ1) is 9.14. The molecule has 0 aliphatic rings. The molecule has 0 aromatic heterocycles. The van der Waals surface area contributed by atoms with Crippen LogP contribution < -0.4 is 0 Å². The summed E-state index contributed by atoms with van der Waals surface area (Å²) in [6.07, 6.45) is 2.45. The van der Waals surface area contributed by atoms with E-state index in [9.17, 15) is 0 Å². The summed E-state index contributed by atoms with van der Waals surface area (Å²) in [5.41, 5.74) is 0. The first-order valence-electron chi connectivity index (χ1n) is 3.52. The van der Waals surface area contributed by atoms with E-state index in [0.29, 0.717) is 5.84 Å². The molecule has 0 heterocycles. The predicted molar refractivity (Wildman–Crippen MR) is 44.8 cm³/mol. The summed E-state index contributed by atoms with van der Waals surface area (Å²) in [7, 11) is 1.71. The minimum absolute atomic E-state index is 0.619. The molecule has 0 aromatic carbocycles. The maximum Gasteiger partial charge on any atom is 0.101 e. The minimum Gasteiger partial charge on any atom is -0.322 e. The average Bonchev–Trinajstić information content (AvgIpc) is 1.99. The zero-order chi connectivity index (χ0) is 7.98. The molecular formula is C7H15N3. The highest BCUT2D eigenvalue weighted by molar-refractivity contribution is 5.89. The summed E-state index contributed by atoms with van der Waals surface area (Å²) in [5.74, 6) is 0.619.